The van der Waals surface area contributed by atoms with Gasteiger partial charge in [-0.2, -0.15) is 0 Å². The predicted octanol–water partition coefficient (Wildman–Crippen LogP) is 3.65. The third kappa shape index (κ3) is 4.82. The molecule has 0 saturated heterocycles. The van der Waals surface area contributed by atoms with Gasteiger partial charge in [0.2, 0.25) is 5.91 Å². The predicted molar refractivity (Wildman–Crippen MR) is 110 cm³/mol. The van der Waals surface area contributed by atoms with Gasteiger partial charge in [0.05, 0.1) is 5.25 Å². The highest BCUT2D eigenvalue weighted by molar-refractivity contribution is 8.00. The second kappa shape index (κ2) is 8.73. The van der Waals surface area contributed by atoms with Gasteiger partial charge in [0, 0.05) is 30.5 Å². The zero-order valence-corrected chi connectivity index (χ0v) is 16.9. The lowest BCUT2D eigenvalue weighted by Crippen LogP contribution is -2.32. The lowest BCUT2D eigenvalue weighted by atomic mass is 10.1. The molecule has 1 amide bonds. The van der Waals surface area contributed by atoms with E-state index < -0.39 is 0 Å². The Labute approximate surface area is 173 Å². The first-order chi connectivity index (χ1) is 14.1. The fourth-order valence-corrected chi connectivity index (χ4v) is 4.00. The maximum Gasteiger partial charge on any atom is 0.233 e. The van der Waals surface area contributed by atoms with Crippen molar-refractivity contribution in [2.45, 2.75) is 42.6 Å². The smallest absolute Gasteiger partial charge is 0.233 e. The van der Waals surface area contributed by atoms with Crippen LogP contribution in [0.3, 0.4) is 0 Å². The molecule has 1 aliphatic rings. The van der Waals surface area contributed by atoms with Gasteiger partial charge in [-0.15, -0.1) is 10.2 Å². The molecule has 0 spiro atoms. The van der Waals surface area contributed by atoms with E-state index in [2.05, 4.69) is 25.1 Å². The number of nitrogens with zero attached hydrogens (tertiary/aromatic N) is 4. The molecule has 150 valence electrons. The molecule has 2 aromatic heterocycles. The van der Waals surface area contributed by atoms with Crippen LogP contribution in [0.15, 0.2) is 53.9 Å². The molecular formula is C21H22FN5OS. The minimum absolute atomic E-state index is 0.0482. The number of hydrogen-bond acceptors (Lipinski definition) is 5. The second-order valence-corrected chi connectivity index (χ2v) is 8.38. The van der Waals surface area contributed by atoms with Gasteiger partial charge >= 0.3 is 0 Å². The number of carbonyl (C=O) groups is 1. The first kappa shape index (κ1) is 19.6. The molecule has 1 saturated carbocycles. The Kier molecular flexibility index (Phi) is 5.89. The molecule has 1 fully saturated rings. The van der Waals surface area contributed by atoms with Crippen molar-refractivity contribution >= 4 is 17.7 Å². The van der Waals surface area contributed by atoms with Crippen molar-refractivity contribution in [3.05, 3.63) is 60.2 Å². The summed E-state index contributed by atoms with van der Waals surface area (Å²) in [5, 5.41) is 12.1. The van der Waals surface area contributed by atoms with Crippen LogP contribution in [0.25, 0.3) is 11.4 Å². The van der Waals surface area contributed by atoms with Crippen LogP contribution in [0.5, 0.6) is 0 Å². The monoisotopic (exact) mass is 411 g/mol. The van der Waals surface area contributed by atoms with Crippen molar-refractivity contribution in [1.82, 2.24) is 25.1 Å². The molecule has 1 aliphatic carbocycles. The van der Waals surface area contributed by atoms with Crippen molar-refractivity contribution in [2.24, 2.45) is 0 Å². The van der Waals surface area contributed by atoms with Gasteiger partial charge in [-0.05, 0) is 56.0 Å². The normalized spacial score (nSPS) is 14.6. The van der Waals surface area contributed by atoms with Crippen molar-refractivity contribution in [1.29, 1.82) is 0 Å². The number of pyridine rings is 1. The molecular weight excluding hydrogens is 389 g/mol. The van der Waals surface area contributed by atoms with E-state index in [1.165, 1.54) is 23.9 Å². The summed E-state index contributed by atoms with van der Waals surface area (Å²) in [7, 11) is 0. The largest absolute Gasteiger partial charge is 0.355 e. The van der Waals surface area contributed by atoms with Crippen molar-refractivity contribution in [3.63, 3.8) is 0 Å². The number of rotatable bonds is 8. The zero-order valence-electron chi connectivity index (χ0n) is 16.1. The minimum atomic E-state index is -0.296. The number of benzene rings is 1. The van der Waals surface area contributed by atoms with E-state index in [1.54, 1.807) is 24.5 Å². The van der Waals surface area contributed by atoms with Gasteiger partial charge in [-0.25, -0.2) is 4.39 Å². The molecule has 0 unspecified atom stereocenters. The summed E-state index contributed by atoms with van der Waals surface area (Å²) in [6, 6.07) is 10.6. The Balaban J connectivity index is 1.38. The molecule has 6 nitrogen and oxygen atoms in total. The van der Waals surface area contributed by atoms with Crippen LogP contribution in [0.1, 0.15) is 31.4 Å². The van der Waals surface area contributed by atoms with E-state index >= 15 is 0 Å². The van der Waals surface area contributed by atoms with Crippen LogP contribution < -0.4 is 5.32 Å². The van der Waals surface area contributed by atoms with Gasteiger partial charge in [-0.1, -0.05) is 23.9 Å². The zero-order chi connectivity index (χ0) is 20.2. The fourth-order valence-electron chi connectivity index (χ4n) is 3.05. The number of hydrogen-bond donors (Lipinski definition) is 1. The Morgan fingerprint density at radius 1 is 1.21 bits per heavy atom. The maximum atomic E-state index is 13.0. The fraction of sp³-hybridized carbons (Fsp3) is 0.333. The molecule has 3 aromatic rings. The van der Waals surface area contributed by atoms with Crippen LogP contribution >= 0.6 is 11.8 Å². The first-order valence-electron chi connectivity index (χ1n) is 9.66. The van der Waals surface area contributed by atoms with Crippen LogP contribution in [0.4, 0.5) is 4.39 Å². The van der Waals surface area contributed by atoms with Gasteiger partial charge in [0.15, 0.2) is 11.0 Å². The molecule has 0 radical (unpaired) electrons. The van der Waals surface area contributed by atoms with E-state index in [4.69, 9.17) is 0 Å². The topological polar surface area (TPSA) is 72.7 Å². The average Bonchev–Trinajstić information content (AvgIpc) is 3.50. The minimum Gasteiger partial charge on any atom is -0.355 e. The molecule has 29 heavy (non-hydrogen) atoms. The van der Waals surface area contributed by atoms with Gasteiger partial charge < -0.3 is 5.32 Å². The van der Waals surface area contributed by atoms with Crippen LogP contribution in [-0.2, 0) is 11.2 Å². The third-order valence-electron chi connectivity index (χ3n) is 4.79. The molecule has 1 N–H and O–H groups in total. The summed E-state index contributed by atoms with van der Waals surface area (Å²) >= 11 is 1.42. The summed E-state index contributed by atoms with van der Waals surface area (Å²) < 4.78 is 15.1. The standard InChI is InChI=1S/C21H22FN5OS/c1-14(20(28)24-13-8-15-2-4-17(22)5-3-15)29-21-26-25-19(27(21)18-6-7-18)16-9-11-23-12-10-16/h2-5,9-12,14,18H,6-8,13H2,1H3,(H,24,28)/t14-/m0/s1. The first-order valence-corrected chi connectivity index (χ1v) is 10.5. The Bertz CT molecular complexity index is 972. The molecule has 2 heterocycles. The van der Waals surface area contributed by atoms with E-state index in [-0.39, 0.29) is 17.0 Å². The van der Waals surface area contributed by atoms with E-state index in [9.17, 15) is 9.18 Å². The van der Waals surface area contributed by atoms with Crippen molar-refractivity contribution in [2.75, 3.05) is 6.54 Å². The second-order valence-electron chi connectivity index (χ2n) is 7.07. The summed E-state index contributed by atoms with van der Waals surface area (Å²) in [6.45, 7) is 2.38. The van der Waals surface area contributed by atoms with E-state index in [0.717, 1.165) is 34.9 Å². The SMILES string of the molecule is C[C@H](Sc1nnc(-c2ccncc2)n1C1CC1)C(=O)NCCc1ccc(F)cc1. The van der Waals surface area contributed by atoms with Gasteiger partial charge in [0.1, 0.15) is 5.82 Å². The quantitative estimate of drug-likeness (QED) is 0.573. The average molecular weight is 412 g/mol. The molecule has 1 atom stereocenters. The summed E-state index contributed by atoms with van der Waals surface area (Å²) in [6.07, 6.45) is 6.34. The van der Waals surface area contributed by atoms with Crippen LogP contribution in [-0.4, -0.2) is 37.5 Å². The highest BCUT2D eigenvalue weighted by Crippen LogP contribution is 2.41. The number of aromatic nitrogens is 4. The highest BCUT2D eigenvalue weighted by atomic mass is 32.2. The number of carbonyl (C=O) groups excluding carboxylic acids is 1. The summed E-state index contributed by atoms with van der Waals surface area (Å²) in [5.74, 6) is 0.517. The van der Waals surface area contributed by atoms with E-state index in [0.29, 0.717) is 19.0 Å². The van der Waals surface area contributed by atoms with Gasteiger partial charge in [0.25, 0.3) is 0 Å². The lowest BCUT2D eigenvalue weighted by molar-refractivity contribution is -0.120. The summed E-state index contributed by atoms with van der Waals surface area (Å²) in [4.78, 5) is 16.6. The van der Waals surface area contributed by atoms with Crippen LogP contribution in [0, 0.1) is 5.82 Å². The van der Waals surface area contributed by atoms with Crippen molar-refractivity contribution < 1.29 is 9.18 Å². The Hall–Kier alpha value is -2.74. The molecule has 4 rings (SSSR count). The number of amides is 1. The molecule has 0 bridgehead atoms. The Morgan fingerprint density at radius 3 is 2.62 bits per heavy atom. The number of nitrogens with one attached hydrogen (secondary N) is 1. The highest BCUT2D eigenvalue weighted by Gasteiger charge is 2.31. The van der Waals surface area contributed by atoms with Gasteiger partial charge in [-0.3, -0.25) is 14.3 Å². The third-order valence-corrected chi connectivity index (χ3v) is 5.85. The number of halogens is 1. The molecule has 1 aromatic carbocycles. The number of thioether (sulfide) groups is 1. The molecule has 0 aliphatic heterocycles. The Morgan fingerprint density at radius 2 is 1.93 bits per heavy atom. The summed E-state index contributed by atoms with van der Waals surface area (Å²) in [5.41, 5.74) is 1.96. The lowest BCUT2D eigenvalue weighted by Gasteiger charge is -2.13. The maximum absolute atomic E-state index is 13.0. The van der Waals surface area contributed by atoms with Crippen LogP contribution in [0.2, 0.25) is 0 Å². The van der Waals surface area contributed by atoms with E-state index in [1.807, 2.05) is 19.1 Å². The van der Waals surface area contributed by atoms with Crippen molar-refractivity contribution in [3.8, 4) is 11.4 Å². The molecule has 8 heteroatoms.